The third kappa shape index (κ3) is 5.76. The van der Waals surface area contributed by atoms with Crippen molar-refractivity contribution in [1.29, 1.82) is 0 Å². The van der Waals surface area contributed by atoms with E-state index in [4.69, 9.17) is 5.11 Å². The second-order valence-corrected chi connectivity index (χ2v) is 6.26. The molecule has 0 saturated heterocycles. The molecule has 1 heterocycles. The summed E-state index contributed by atoms with van der Waals surface area (Å²) in [5, 5.41) is 19.5. The van der Waals surface area contributed by atoms with Crippen molar-refractivity contribution in [3.63, 3.8) is 0 Å². The average Bonchev–Trinajstić information content (AvgIpc) is 2.61. The highest BCUT2D eigenvalue weighted by molar-refractivity contribution is 7.90. The molecule has 0 aliphatic rings. The molecule has 0 saturated carbocycles. The first-order valence-electron chi connectivity index (χ1n) is 5.31. The van der Waals surface area contributed by atoms with E-state index in [1.165, 1.54) is 10.9 Å². The highest BCUT2D eigenvalue weighted by atomic mass is 32.2. The van der Waals surface area contributed by atoms with Crippen LogP contribution in [0.25, 0.3) is 0 Å². The summed E-state index contributed by atoms with van der Waals surface area (Å²) >= 11 is 0. The molecule has 0 fully saturated rings. The number of hydrogen-bond donors (Lipinski definition) is 2. The zero-order chi connectivity index (χ0) is 12.9. The molecule has 0 spiro atoms. The Morgan fingerprint density at radius 1 is 1.59 bits per heavy atom. The standard InChI is InChI=1S/C9H18N4O3S/c1-8(7-17(2,15)16)10-5-9-6-13(3-4-14)12-11-9/h6,8,10,14H,3-5,7H2,1-2H3. The van der Waals surface area contributed by atoms with Gasteiger partial charge in [0.25, 0.3) is 0 Å². The quantitative estimate of drug-likeness (QED) is 0.640. The molecule has 17 heavy (non-hydrogen) atoms. The zero-order valence-corrected chi connectivity index (χ0v) is 10.8. The molecule has 7 nitrogen and oxygen atoms in total. The van der Waals surface area contributed by atoms with Gasteiger partial charge in [0.05, 0.1) is 24.6 Å². The molecule has 0 aliphatic heterocycles. The van der Waals surface area contributed by atoms with Gasteiger partial charge in [0.15, 0.2) is 0 Å². The number of hydrogen-bond acceptors (Lipinski definition) is 6. The summed E-state index contributed by atoms with van der Waals surface area (Å²) in [6, 6.07) is -0.131. The molecule has 2 N–H and O–H groups in total. The first kappa shape index (κ1) is 14.1. The van der Waals surface area contributed by atoms with Crippen molar-refractivity contribution in [2.24, 2.45) is 0 Å². The summed E-state index contributed by atoms with van der Waals surface area (Å²) in [6.45, 7) is 2.69. The van der Waals surface area contributed by atoms with E-state index in [0.29, 0.717) is 13.1 Å². The molecule has 0 bridgehead atoms. The van der Waals surface area contributed by atoms with Crippen LogP contribution in [0.2, 0.25) is 0 Å². The van der Waals surface area contributed by atoms with Crippen molar-refractivity contribution >= 4 is 9.84 Å². The Morgan fingerprint density at radius 2 is 2.29 bits per heavy atom. The van der Waals surface area contributed by atoms with Crippen molar-refractivity contribution in [1.82, 2.24) is 20.3 Å². The lowest BCUT2D eigenvalue weighted by Crippen LogP contribution is -2.32. The third-order valence-electron chi connectivity index (χ3n) is 2.10. The first-order chi connectivity index (χ1) is 7.90. The van der Waals surface area contributed by atoms with E-state index in [-0.39, 0.29) is 18.4 Å². The number of nitrogens with zero attached hydrogens (tertiary/aromatic N) is 3. The predicted molar refractivity (Wildman–Crippen MR) is 63.1 cm³/mol. The van der Waals surface area contributed by atoms with Gasteiger partial charge in [0, 0.05) is 25.0 Å². The summed E-state index contributed by atoms with van der Waals surface area (Å²) < 4.78 is 23.6. The average molecular weight is 262 g/mol. The van der Waals surface area contributed by atoms with Crippen molar-refractivity contribution in [2.75, 3.05) is 18.6 Å². The molecule has 1 atom stereocenters. The maximum atomic E-state index is 11.0. The van der Waals surface area contributed by atoms with Crippen LogP contribution in [0, 0.1) is 0 Å². The Kier molecular flexibility index (Phi) is 5.03. The zero-order valence-electron chi connectivity index (χ0n) is 10.00. The number of sulfone groups is 1. The van der Waals surface area contributed by atoms with Gasteiger partial charge in [-0.05, 0) is 6.92 Å². The van der Waals surface area contributed by atoms with E-state index in [1.807, 2.05) is 0 Å². The van der Waals surface area contributed by atoms with Crippen molar-refractivity contribution in [3.8, 4) is 0 Å². The van der Waals surface area contributed by atoms with Gasteiger partial charge >= 0.3 is 0 Å². The summed E-state index contributed by atoms with van der Waals surface area (Å²) in [4.78, 5) is 0. The largest absolute Gasteiger partial charge is 0.394 e. The van der Waals surface area contributed by atoms with Gasteiger partial charge in [-0.15, -0.1) is 5.10 Å². The predicted octanol–water partition coefficient (Wildman–Crippen LogP) is -1.21. The van der Waals surface area contributed by atoms with E-state index >= 15 is 0 Å². The minimum Gasteiger partial charge on any atom is -0.394 e. The van der Waals surface area contributed by atoms with E-state index in [1.54, 1.807) is 13.1 Å². The number of rotatable bonds is 7. The fourth-order valence-electron chi connectivity index (χ4n) is 1.42. The topological polar surface area (TPSA) is 97.1 Å². The molecule has 1 aromatic heterocycles. The molecular weight excluding hydrogens is 244 g/mol. The van der Waals surface area contributed by atoms with E-state index < -0.39 is 9.84 Å². The Morgan fingerprint density at radius 3 is 2.88 bits per heavy atom. The minimum absolute atomic E-state index is 0.0146. The molecule has 0 amide bonds. The Hall–Kier alpha value is -0.990. The van der Waals surface area contributed by atoms with E-state index in [0.717, 1.165) is 5.69 Å². The number of aliphatic hydroxyl groups is 1. The Balaban J connectivity index is 2.39. The molecule has 0 aromatic carbocycles. The van der Waals surface area contributed by atoms with Gasteiger partial charge < -0.3 is 10.4 Å². The molecule has 98 valence electrons. The Bertz CT molecular complexity index is 443. The van der Waals surface area contributed by atoms with Gasteiger partial charge in [-0.2, -0.15) is 0 Å². The SMILES string of the molecule is CC(CS(C)(=O)=O)NCc1cn(CCO)nn1. The van der Waals surface area contributed by atoms with E-state index in [9.17, 15) is 8.42 Å². The fourth-order valence-corrected chi connectivity index (χ4v) is 2.45. The Labute approximate surface area is 101 Å². The number of aliphatic hydroxyl groups excluding tert-OH is 1. The van der Waals surface area contributed by atoms with Crippen LogP contribution in [0.4, 0.5) is 0 Å². The van der Waals surface area contributed by atoms with Gasteiger partial charge in [0.2, 0.25) is 0 Å². The van der Waals surface area contributed by atoms with Crippen molar-refractivity contribution in [2.45, 2.75) is 26.1 Å². The first-order valence-corrected chi connectivity index (χ1v) is 7.38. The normalized spacial score (nSPS) is 13.8. The maximum absolute atomic E-state index is 11.0. The molecule has 1 unspecified atom stereocenters. The lowest BCUT2D eigenvalue weighted by molar-refractivity contribution is 0.268. The highest BCUT2D eigenvalue weighted by Crippen LogP contribution is 1.95. The van der Waals surface area contributed by atoms with Crippen LogP contribution in [-0.2, 0) is 22.9 Å². The van der Waals surface area contributed by atoms with Gasteiger partial charge in [-0.25, -0.2) is 13.1 Å². The van der Waals surface area contributed by atoms with E-state index in [2.05, 4.69) is 15.6 Å². The lowest BCUT2D eigenvalue weighted by atomic mass is 10.3. The molecule has 0 aliphatic carbocycles. The minimum atomic E-state index is -2.97. The van der Waals surface area contributed by atoms with Gasteiger partial charge in [0.1, 0.15) is 9.84 Å². The van der Waals surface area contributed by atoms with Gasteiger partial charge in [-0.1, -0.05) is 5.21 Å². The van der Waals surface area contributed by atoms with Crippen molar-refractivity contribution < 1.29 is 13.5 Å². The van der Waals surface area contributed by atoms with Crippen LogP contribution in [0.3, 0.4) is 0 Å². The second kappa shape index (κ2) is 6.08. The molecule has 1 aromatic rings. The van der Waals surface area contributed by atoms with Crippen LogP contribution in [-0.4, -0.2) is 53.2 Å². The van der Waals surface area contributed by atoms with Gasteiger partial charge in [-0.3, -0.25) is 0 Å². The fraction of sp³-hybridized carbons (Fsp3) is 0.778. The summed E-state index contributed by atoms with van der Waals surface area (Å²) in [6.07, 6.45) is 2.93. The monoisotopic (exact) mass is 262 g/mol. The van der Waals surface area contributed by atoms with Crippen LogP contribution >= 0.6 is 0 Å². The van der Waals surface area contributed by atoms with Crippen LogP contribution in [0.1, 0.15) is 12.6 Å². The van der Waals surface area contributed by atoms with Crippen LogP contribution < -0.4 is 5.32 Å². The molecule has 8 heteroatoms. The summed E-state index contributed by atoms with van der Waals surface area (Å²) in [7, 11) is -2.97. The van der Waals surface area contributed by atoms with Crippen molar-refractivity contribution in [3.05, 3.63) is 11.9 Å². The summed E-state index contributed by atoms with van der Waals surface area (Å²) in [5.41, 5.74) is 0.721. The van der Waals surface area contributed by atoms with Crippen LogP contribution in [0.15, 0.2) is 6.20 Å². The smallest absolute Gasteiger partial charge is 0.148 e. The molecular formula is C9H18N4O3S. The second-order valence-electron chi connectivity index (χ2n) is 4.07. The lowest BCUT2D eigenvalue weighted by Gasteiger charge is -2.10. The van der Waals surface area contributed by atoms with Crippen LogP contribution in [0.5, 0.6) is 0 Å². The number of aromatic nitrogens is 3. The highest BCUT2D eigenvalue weighted by Gasteiger charge is 2.10. The maximum Gasteiger partial charge on any atom is 0.148 e. The molecule has 1 rings (SSSR count). The summed E-state index contributed by atoms with van der Waals surface area (Å²) in [5.74, 6) is 0.0950. The third-order valence-corrected chi connectivity index (χ3v) is 3.21. The number of nitrogens with one attached hydrogen (secondary N) is 1. The molecule has 0 radical (unpaired) electrons.